The highest BCUT2D eigenvalue weighted by atomic mass is 32.2. The van der Waals surface area contributed by atoms with Crippen molar-refractivity contribution >= 4 is 16.0 Å². The van der Waals surface area contributed by atoms with Crippen LogP contribution in [0.5, 0.6) is 0 Å². The Labute approximate surface area is 65.6 Å². The summed E-state index contributed by atoms with van der Waals surface area (Å²) in [5.74, 6) is 0.297. The van der Waals surface area contributed by atoms with Gasteiger partial charge >= 0.3 is 10.1 Å². The second kappa shape index (κ2) is 3.19. The lowest BCUT2D eigenvalue weighted by Crippen LogP contribution is -2.27. The van der Waals surface area contributed by atoms with Crippen LogP contribution in [0.2, 0.25) is 0 Å². The normalized spacial score (nSPS) is 19.2. The molecule has 5 nitrogen and oxygen atoms in total. The fourth-order valence-electron chi connectivity index (χ4n) is 0.740. The van der Waals surface area contributed by atoms with Gasteiger partial charge in [0.1, 0.15) is 0 Å². The van der Waals surface area contributed by atoms with Crippen molar-refractivity contribution in [3.8, 4) is 0 Å². The van der Waals surface area contributed by atoms with E-state index in [2.05, 4.69) is 14.5 Å². The Balaban J connectivity index is 2.55. The summed E-state index contributed by atoms with van der Waals surface area (Å²) in [4.78, 5) is 3.82. The van der Waals surface area contributed by atoms with E-state index < -0.39 is 10.1 Å². The second-order valence-electron chi connectivity index (χ2n) is 2.25. The topological polar surface area (TPSA) is 67.8 Å². The summed E-state index contributed by atoms with van der Waals surface area (Å²) in [6.45, 7) is 1.15. The van der Waals surface area contributed by atoms with Crippen molar-refractivity contribution in [2.24, 2.45) is 4.99 Å². The molecular formula is C5H10N2O3S. The molecule has 0 fully saturated rings. The maximum atomic E-state index is 10.6. The second-order valence-corrected chi connectivity index (χ2v) is 3.82. The van der Waals surface area contributed by atoms with E-state index in [1.54, 1.807) is 0 Å². The van der Waals surface area contributed by atoms with E-state index in [-0.39, 0.29) is 0 Å². The smallest absolute Gasteiger partial charge is 0.307 e. The molecule has 1 N–H and O–H groups in total. The van der Waals surface area contributed by atoms with Crippen molar-refractivity contribution in [3.63, 3.8) is 0 Å². The number of hydrogen-bond acceptors (Lipinski definition) is 5. The third kappa shape index (κ3) is 3.33. The first-order chi connectivity index (χ1) is 5.08. The van der Waals surface area contributed by atoms with Gasteiger partial charge < -0.3 is 4.18 Å². The monoisotopic (exact) mass is 178 g/mol. The Morgan fingerprint density at radius 2 is 2.36 bits per heavy atom. The summed E-state index contributed by atoms with van der Waals surface area (Å²) in [5, 5.41) is 2.94. The number of nitrogens with one attached hydrogen (secondary N) is 1. The van der Waals surface area contributed by atoms with Gasteiger partial charge in [0.05, 0.1) is 12.9 Å². The van der Waals surface area contributed by atoms with Crippen LogP contribution in [0.4, 0.5) is 0 Å². The highest BCUT2D eigenvalue weighted by Gasteiger charge is 2.10. The molecule has 0 amide bonds. The average Bonchev–Trinajstić information content (AvgIpc) is 1.85. The minimum Gasteiger partial charge on any atom is -0.367 e. The SMILES string of the molecule is CS(=O)(=O)OC1=NCNCC1. The van der Waals surface area contributed by atoms with Crippen molar-refractivity contribution in [1.29, 1.82) is 0 Å². The summed E-state index contributed by atoms with van der Waals surface area (Å²) in [5.41, 5.74) is 0. The quantitative estimate of drug-likeness (QED) is 0.540. The van der Waals surface area contributed by atoms with Crippen LogP contribution >= 0.6 is 0 Å². The molecular weight excluding hydrogens is 168 g/mol. The molecule has 0 bridgehead atoms. The molecule has 0 saturated heterocycles. The highest BCUT2D eigenvalue weighted by molar-refractivity contribution is 7.86. The van der Waals surface area contributed by atoms with Crippen molar-refractivity contribution in [2.75, 3.05) is 19.5 Å². The van der Waals surface area contributed by atoms with Crippen LogP contribution in [0, 0.1) is 0 Å². The van der Waals surface area contributed by atoms with E-state index in [0.717, 1.165) is 6.26 Å². The molecule has 1 rings (SSSR count). The van der Waals surface area contributed by atoms with Crippen molar-refractivity contribution < 1.29 is 12.6 Å². The zero-order chi connectivity index (χ0) is 8.32. The van der Waals surface area contributed by atoms with Crippen LogP contribution in [0.15, 0.2) is 4.99 Å². The zero-order valence-electron chi connectivity index (χ0n) is 6.20. The van der Waals surface area contributed by atoms with Gasteiger partial charge in [0, 0.05) is 13.0 Å². The van der Waals surface area contributed by atoms with E-state index in [9.17, 15) is 8.42 Å². The maximum Gasteiger partial charge on any atom is 0.307 e. The van der Waals surface area contributed by atoms with Gasteiger partial charge in [-0.15, -0.1) is 0 Å². The Morgan fingerprint density at radius 3 is 2.82 bits per heavy atom. The van der Waals surface area contributed by atoms with Crippen LogP contribution in [0.1, 0.15) is 6.42 Å². The van der Waals surface area contributed by atoms with Crippen LogP contribution in [-0.2, 0) is 14.3 Å². The van der Waals surface area contributed by atoms with Crippen LogP contribution in [-0.4, -0.2) is 33.8 Å². The molecule has 1 aliphatic rings. The minimum atomic E-state index is -3.38. The Bertz CT molecular complexity index is 257. The van der Waals surface area contributed by atoms with E-state index >= 15 is 0 Å². The summed E-state index contributed by atoms with van der Waals surface area (Å²) in [6, 6.07) is 0. The third-order valence-electron chi connectivity index (χ3n) is 1.13. The highest BCUT2D eigenvalue weighted by Crippen LogP contribution is 1.98. The molecule has 11 heavy (non-hydrogen) atoms. The van der Waals surface area contributed by atoms with Crippen molar-refractivity contribution in [3.05, 3.63) is 0 Å². The van der Waals surface area contributed by atoms with Gasteiger partial charge in [-0.25, -0.2) is 4.99 Å². The standard InChI is InChI=1S/C5H10N2O3S/c1-11(8,9)10-5-2-3-6-4-7-5/h6H,2-4H2,1H3. The first-order valence-corrected chi connectivity index (χ1v) is 5.03. The lowest BCUT2D eigenvalue weighted by molar-refractivity contribution is 0.468. The summed E-state index contributed by atoms with van der Waals surface area (Å²) < 4.78 is 25.7. The fourth-order valence-corrected chi connectivity index (χ4v) is 1.23. The summed E-state index contributed by atoms with van der Waals surface area (Å²) in [7, 11) is -3.38. The van der Waals surface area contributed by atoms with Gasteiger partial charge in [-0.2, -0.15) is 8.42 Å². The van der Waals surface area contributed by atoms with Crippen molar-refractivity contribution in [2.45, 2.75) is 6.42 Å². The fraction of sp³-hybridized carbons (Fsp3) is 0.800. The predicted octanol–water partition coefficient (Wildman–Crippen LogP) is -0.688. The first kappa shape index (κ1) is 8.48. The molecule has 0 atom stereocenters. The molecule has 0 aromatic heterocycles. The van der Waals surface area contributed by atoms with Crippen LogP contribution < -0.4 is 5.32 Å². The molecule has 0 radical (unpaired) electrons. The summed E-state index contributed by atoms with van der Waals surface area (Å²) >= 11 is 0. The van der Waals surface area contributed by atoms with Crippen molar-refractivity contribution in [1.82, 2.24) is 5.32 Å². The van der Waals surface area contributed by atoms with E-state index in [1.807, 2.05) is 0 Å². The van der Waals surface area contributed by atoms with Gasteiger partial charge in [0.25, 0.3) is 0 Å². The molecule has 64 valence electrons. The summed E-state index contributed by atoms with van der Waals surface area (Å²) in [6.07, 6.45) is 1.55. The van der Waals surface area contributed by atoms with Gasteiger partial charge in [-0.3, -0.25) is 5.32 Å². The largest absolute Gasteiger partial charge is 0.367 e. The lowest BCUT2D eigenvalue weighted by atomic mass is 10.4. The number of hydrogen-bond donors (Lipinski definition) is 1. The van der Waals surface area contributed by atoms with Crippen LogP contribution in [0.25, 0.3) is 0 Å². The third-order valence-corrected chi connectivity index (χ3v) is 1.63. The molecule has 0 aliphatic carbocycles. The molecule has 1 aliphatic heterocycles. The zero-order valence-corrected chi connectivity index (χ0v) is 7.02. The first-order valence-electron chi connectivity index (χ1n) is 3.21. The van der Waals surface area contributed by atoms with Gasteiger partial charge in [-0.05, 0) is 0 Å². The Hall–Kier alpha value is -0.620. The molecule has 0 saturated carbocycles. The van der Waals surface area contributed by atoms with Crippen LogP contribution in [0.3, 0.4) is 0 Å². The van der Waals surface area contributed by atoms with E-state index in [0.29, 0.717) is 25.5 Å². The Kier molecular flexibility index (Phi) is 2.45. The lowest BCUT2D eigenvalue weighted by Gasteiger charge is -2.11. The minimum absolute atomic E-state index is 0.297. The predicted molar refractivity (Wildman–Crippen MR) is 40.9 cm³/mol. The molecule has 0 aromatic carbocycles. The number of rotatable bonds is 1. The van der Waals surface area contributed by atoms with Gasteiger partial charge in [0.15, 0.2) is 0 Å². The maximum absolute atomic E-state index is 10.6. The van der Waals surface area contributed by atoms with E-state index in [1.165, 1.54) is 0 Å². The molecule has 6 heteroatoms. The Morgan fingerprint density at radius 1 is 1.64 bits per heavy atom. The number of aliphatic imine (C=N–C) groups is 1. The number of nitrogens with zero attached hydrogens (tertiary/aromatic N) is 1. The van der Waals surface area contributed by atoms with E-state index in [4.69, 9.17) is 0 Å². The molecule has 0 unspecified atom stereocenters. The molecule has 0 aromatic rings. The molecule has 1 heterocycles. The molecule has 0 spiro atoms. The average molecular weight is 178 g/mol. The van der Waals surface area contributed by atoms with Gasteiger partial charge in [0.2, 0.25) is 5.90 Å². The van der Waals surface area contributed by atoms with Gasteiger partial charge in [-0.1, -0.05) is 0 Å².